The lowest BCUT2D eigenvalue weighted by molar-refractivity contribution is -0.00517. The standard InChI is InChI=1S/C22H36N2O.ClH/c1-2-9-15-23(14-8-1)18-22(19-24-16-10-3-4-11-17-24)25-20-21-12-6-5-7-13-21;/h5-7,12-13,22H,1-4,8-11,14-20H2;1H/p-1. The van der Waals surface area contributed by atoms with E-state index < -0.39 is 0 Å². The molecule has 0 aromatic heterocycles. The Morgan fingerprint density at radius 2 is 1.15 bits per heavy atom. The second-order valence-corrected chi connectivity index (χ2v) is 7.85. The minimum atomic E-state index is 0. The van der Waals surface area contributed by atoms with Gasteiger partial charge in [0.05, 0.1) is 12.7 Å². The zero-order chi connectivity index (χ0) is 17.2. The second-order valence-electron chi connectivity index (χ2n) is 7.85. The van der Waals surface area contributed by atoms with E-state index in [4.69, 9.17) is 4.74 Å². The highest BCUT2D eigenvalue weighted by molar-refractivity contribution is 5.13. The molecule has 0 saturated carbocycles. The van der Waals surface area contributed by atoms with Crippen LogP contribution in [0, 0.1) is 0 Å². The van der Waals surface area contributed by atoms with Crippen LogP contribution in [-0.4, -0.2) is 55.2 Å². The van der Waals surface area contributed by atoms with Gasteiger partial charge in [0.25, 0.3) is 0 Å². The molecule has 1 aromatic carbocycles. The zero-order valence-electron chi connectivity index (χ0n) is 16.3. The molecule has 148 valence electrons. The summed E-state index contributed by atoms with van der Waals surface area (Å²) in [5, 5.41) is 0. The molecule has 2 aliphatic rings. The lowest BCUT2D eigenvalue weighted by atomic mass is 10.2. The minimum absolute atomic E-state index is 0. The first-order valence-corrected chi connectivity index (χ1v) is 10.5. The van der Waals surface area contributed by atoms with Gasteiger partial charge in [-0.1, -0.05) is 56.0 Å². The first-order chi connectivity index (χ1) is 12.4. The highest BCUT2D eigenvalue weighted by Gasteiger charge is 2.20. The molecule has 2 fully saturated rings. The number of benzene rings is 1. The third-order valence-electron chi connectivity index (χ3n) is 5.65. The van der Waals surface area contributed by atoms with Crippen molar-refractivity contribution in [3.05, 3.63) is 35.9 Å². The number of hydrogen-bond donors (Lipinski definition) is 0. The van der Waals surface area contributed by atoms with Gasteiger partial charge in [0.15, 0.2) is 0 Å². The SMILES string of the molecule is [Cl-].c1ccc(COC(CN2CCCCCC2)CN2CCCCCC2)cc1. The molecule has 1 aromatic rings. The van der Waals surface area contributed by atoms with Gasteiger partial charge in [-0.25, -0.2) is 0 Å². The molecule has 3 rings (SSSR count). The van der Waals surface area contributed by atoms with Crippen molar-refractivity contribution in [3.63, 3.8) is 0 Å². The van der Waals surface area contributed by atoms with Crippen molar-refractivity contribution in [1.82, 2.24) is 9.80 Å². The van der Waals surface area contributed by atoms with Crippen molar-refractivity contribution in [2.75, 3.05) is 39.3 Å². The van der Waals surface area contributed by atoms with E-state index in [0.29, 0.717) is 6.10 Å². The Bertz CT molecular complexity index is 432. The van der Waals surface area contributed by atoms with E-state index in [1.165, 1.54) is 83.1 Å². The van der Waals surface area contributed by atoms with E-state index in [1.54, 1.807) is 0 Å². The number of ether oxygens (including phenoxy) is 1. The van der Waals surface area contributed by atoms with E-state index in [-0.39, 0.29) is 12.4 Å². The van der Waals surface area contributed by atoms with Crippen molar-refractivity contribution in [3.8, 4) is 0 Å². The normalized spacial score (nSPS) is 20.3. The summed E-state index contributed by atoms with van der Waals surface area (Å²) < 4.78 is 6.43. The van der Waals surface area contributed by atoms with Gasteiger partial charge in [0.1, 0.15) is 0 Å². The minimum Gasteiger partial charge on any atom is -1.00 e. The van der Waals surface area contributed by atoms with Crippen molar-refractivity contribution < 1.29 is 17.1 Å². The van der Waals surface area contributed by atoms with E-state index in [1.807, 2.05) is 0 Å². The summed E-state index contributed by atoms with van der Waals surface area (Å²) in [6.45, 7) is 7.96. The Morgan fingerprint density at radius 1 is 0.692 bits per heavy atom. The Labute approximate surface area is 166 Å². The van der Waals surface area contributed by atoms with Crippen LogP contribution in [0.15, 0.2) is 30.3 Å². The molecule has 0 spiro atoms. The largest absolute Gasteiger partial charge is 1.00 e. The Kier molecular flexibility index (Phi) is 10.6. The lowest BCUT2D eigenvalue weighted by Crippen LogP contribution is -3.00. The molecule has 0 N–H and O–H groups in total. The van der Waals surface area contributed by atoms with E-state index in [9.17, 15) is 0 Å². The summed E-state index contributed by atoms with van der Waals surface area (Å²) in [6.07, 6.45) is 11.4. The van der Waals surface area contributed by atoms with E-state index in [0.717, 1.165) is 19.7 Å². The summed E-state index contributed by atoms with van der Waals surface area (Å²) >= 11 is 0. The average molecular weight is 380 g/mol. The Balaban J connectivity index is 0.00000243. The van der Waals surface area contributed by atoms with Gasteiger partial charge in [0, 0.05) is 13.1 Å². The number of likely N-dealkylation sites (tertiary alicyclic amines) is 2. The smallest absolute Gasteiger partial charge is 0.0833 e. The fourth-order valence-corrected chi connectivity index (χ4v) is 4.16. The Morgan fingerprint density at radius 3 is 1.62 bits per heavy atom. The van der Waals surface area contributed by atoms with Crippen LogP contribution in [-0.2, 0) is 11.3 Å². The first-order valence-electron chi connectivity index (χ1n) is 10.5. The van der Waals surface area contributed by atoms with Crippen LogP contribution in [0.1, 0.15) is 56.9 Å². The summed E-state index contributed by atoms with van der Waals surface area (Å²) in [5.74, 6) is 0. The molecule has 0 unspecified atom stereocenters. The Hall–Kier alpha value is -0.610. The quantitative estimate of drug-likeness (QED) is 0.710. The molecule has 2 heterocycles. The molecule has 0 amide bonds. The number of rotatable bonds is 7. The fraction of sp³-hybridized carbons (Fsp3) is 0.727. The summed E-state index contributed by atoms with van der Waals surface area (Å²) in [5.41, 5.74) is 1.29. The molecule has 2 saturated heterocycles. The fourth-order valence-electron chi connectivity index (χ4n) is 4.16. The van der Waals surface area contributed by atoms with Gasteiger partial charge in [-0.2, -0.15) is 0 Å². The topological polar surface area (TPSA) is 15.7 Å². The summed E-state index contributed by atoms with van der Waals surface area (Å²) in [7, 11) is 0. The molecule has 0 aliphatic carbocycles. The molecule has 0 radical (unpaired) electrons. The van der Waals surface area contributed by atoms with Crippen LogP contribution in [0.2, 0.25) is 0 Å². The number of nitrogens with zero attached hydrogens (tertiary/aromatic N) is 2. The highest BCUT2D eigenvalue weighted by atomic mass is 35.5. The molecular weight excluding hydrogens is 344 g/mol. The molecule has 3 nitrogen and oxygen atoms in total. The van der Waals surface area contributed by atoms with Gasteiger partial charge in [0.2, 0.25) is 0 Å². The van der Waals surface area contributed by atoms with E-state index >= 15 is 0 Å². The third kappa shape index (κ3) is 7.96. The van der Waals surface area contributed by atoms with Crippen molar-refractivity contribution in [1.29, 1.82) is 0 Å². The summed E-state index contributed by atoms with van der Waals surface area (Å²) in [6, 6.07) is 10.6. The van der Waals surface area contributed by atoms with Gasteiger partial charge >= 0.3 is 0 Å². The van der Waals surface area contributed by atoms with Gasteiger partial charge in [-0.05, 0) is 57.4 Å². The maximum Gasteiger partial charge on any atom is 0.0833 e. The zero-order valence-corrected chi connectivity index (χ0v) is 17.0. The van der Waals surface area contributed by atoms with Gasteiger partial charge in [-0.15, -0.1) is 0 Å². The molecule has 4 heteroatoms. The molecular formula is C22H36ClN2O-. The molecule has 0 bridgehead atoms. The van der Waals surface area contributed by atoms with Crippen LogP contribution in [0.4, 0.5) is 0 Å². The van der Waals surface area contributed by atoms with Crippen molar-refractivity contribution in [2.45, 2.75) is 64.1 Å². The van der Waals surface area contributed by atoms with Crippen LogP contribution in [0.5, 0.6) is 0 Å². The van der Waals surface area contributed by atoms with Crippen LogP contribution in [0.3, 0.4) is 0 Å². The number of hydrogen-bond acceptors (Lipinski definition) is 3. The monoisotopic (exact) mass is 379 g/mol. The molecule has 2 aliphatic heterocycles. The van der Waals surface area contributed by atoms with Gasteiger partial charge in [-0.3, -0.25) is 0 Å². The van der Waals surface area contributed by atoms with Crippen LogP contribution in [0.25, 0.3) is 0 Å². The summed E-state index contributed by atoms with van der Waals surface area (Å²) in [4.78, 5) is 5.31. The predicted octanol–water partition coefficient (Wildman–Crippen LogP) is 1.33. The lowest BCUT2D eigenvalue weighted by Gasteiger charge is -2.30. The van der Waals surface area contributed by atoms with Gasteiger partial charge < -0.3 is 26.9 Å². The predicted molar refractivity (Wildman–Crippen MR) is 105 cm³/mol. The molecule has 0 atom stereocenters. The van der Waals surface area contributed by atoms with Crippen molar-refractivity contribution >= 4 is 0 Å². The maximum atomic E-state index is 6.43. The van der Waals surface area contributed by atoms with E-state index in [2.05, 4.69) is 40.1 Å². The van der Waals surface area contributed by atoms with Crippen LogP contribution >= 0.6 is 0 Å². The number of halogens is 1. The first kappa shape index (κ1) is 21.7. The molecule has 26 heavy (non-hydrogen) atoms. The third-order valence-corrected chi connectivity index (χ3v) is 5.65. The van der Waals surface area contributed by atoms with Crippen molar-refractivity contribution in [2.24, 2.45) is 0 Å². The second kappa shape index (κ2) is 12.7. The van der Waals surface area contributed by atoms with Crippen LogP contribution < -0.4 is 12.4 Å². The average Bonchev–Trinajstić information content (AvgIpc) is 3.06. The highest BCUT2D eigenvalue weighted by Crippen LogP contribution is 2.15. The maximum absolute atomic E-state index is 6.43.